The van der Waals surface area contributed by atoms with Crippen molar-refractivity contribution in [2.24, 2.45) is 5.73 Å². The van der Waals surface area contributed by atoms with Gasteiger partial charge in [-0.2, -0.15) is 0 Å². The molecule has 7 heteroatoms. The molecular formula is C17H27ClN4O2. The number of rotatable bonds is 6. The molecule has 0 radical (unpaired) electrons. The Hall–Kier alpha value is -1.34. The van der Waals surface area contributed by atoms with Crippen molar-refractivity contribution in [3.63, 3.8) is 0 Å². The molecule has 6 nitrogen and oxygen atoms in total. The fourth-order valence-corrected chi connectivity index (χ4v) is 3.50. The molecule has 2 heterocycles. The molecule has 1 fully saturated rings. The Balaban J connectivity index is 0.00000208. The number of para-hydroxylation sites is 1. The van der Waals surface area contributed by atoms with Crippen molar-refractivity contribution in [1.29, 1.82) is 0 Å². The molecule has 1 aromatic rings. The summed E-state index contributed by atoms with van der Waals surface area (Å²) in [6.45, 7) is 5.54. The number of benzene rings is 1. The van der Waals surface area contributed by atoms with E-state index in [0.717, 1.165) is 45.8 Å². The highest BCUT2D eigenvalue weighted by Crippen LogP contribution is 2.27. The van der Waals surface area contributed by atoms with E-state index in [1.807, 2.05) is 11.9 Å². The Kier molecular flexibility index (Phi) is 6.86. The predicted molar refractivity (Wildman–Crippen MR) is 97.6 cm³/mol. The minimum Gasteiger partial charge on any atom is -0.384 e. The van der Waals surface area contributed by atoms with Crippen LogP contribution in [0.5, 0.6) is 0 Å². The number of amides is 1. The van der Waals surface area contributed by atoms with E-state index in [1.54, 1.807) is 0 Å². The van der Waals surface area contributed by atoms with Gasteiger partial charge in [0, 0.05) is 38.4 Å². The van der Waals surface area contributed by atoms with Crippen LogP contribution in [0.25, 0.3) is 0 Å². The van der Waals surface area contributed by atoms with Crippen LogP contribution in [0.2, 0.25) is 0 Å². The number of morpholine rings is 1. The van der Waals surface area contributed by atoms with Gasteiger partial charge in [-0.25, -0.2) is 0 Å². The number of nitrogens with one attached hydrogen (secondary N) is 1. The monoisotopic (exact) mass is 354 g/mol. The zero-order chi connectivity index (χ0) is 16.2. The second kappa shape index (κ2) is 8.67. The van der Waals surface area contributed by atoms with E-state index in [4.69, 9.17) is 10.5 Å². The van der Waals surface area contributed by atoms with E-state index in [-0.39, 0.29) is 31.0 Å². The molecule has 24 heavy (non-hydrogen) atoms. The van der Waals surface area contributed by atoms with Gasteiger partial charge in [-0.3, -0.25) is 14.6 Å². The molecule has 0 aliphatic carbocycles. The van der Waals surface area contributed by atoms with Crippen molar-refractivity contribution in [2.75, 3.05) is 51.7 Å². The van der Waals surface area contributed by atoms with Crippen molar-refractivity contribution < 1.29 is 9.53 Å². The Bertz CT molecular complexity index is 570. The molecule has 1 unspecified atom stereocenters. The van der Waals surface area contributed by atoms with E-state index in [1.165, 1.54) is 16.8 Å². The number of fused-ring (bicyclic) bond motifs is 1. The van der Waals surface area contributed by atoms with Crippen molar-refractivity contribution in [3.05, 3.63) is 29.3 Å². The van der Waals surface area contributed by atoms with Crippen LogP contribution in [0.1, 0.15) is 11.1 Å². The second-order valence-corrected chi connectivity index (χ2v) is 6.52. The Morgan fingerprint density at radius 1 is 1.50 bits per heavy atom. The topological polar surface area (TPSA) is 70.8 Å². The van der Waals surface area contributed by atoms with E-state index in [0.29, 0.717) is 0 Å². The van der Waals surface area contributed by atoms with Gasteiger partial charge in [-0.15, -0.1) is 12.4 Å². The van der Waals surface area contributed by atoms with E-state index in [9.17, 15) is 4.79 Å². The normalized spacial score (nSPS) is 20.3. The lowest BCUT2D eigenvalue weighted by molar-refractivity contribution is -0.119. The SMILES string of the molecule is CN(CC(N)=O)CC1CN(Cc2cccc3c2NCC3)CCO1.Cl. The maximum absolute atomic E-state index is 11.0. The first-order valence-corrected chi connectivity index (χ1v) is 8.27. The fraction of sp³-hybridized carbons (Fsp3) is 0.588. The van der Waals surface area contributed by atoms with Crippen molar-refractivity contribution in [2.45, 2.75) is 19.1 Å². The Labute approximate surface area is 149 Å². The van der Waals surface area contributed by atoms with E-state index < -0.39 is 0 Å². The molecule has 2 aliphatic heterocycles. The molecule has 1 aromatic carbocycles. The van der Waals surface area contributed by atoms with Crippen molar-refractivity contribution >= 4 is 24.0 Å². The number of primary amides is 1. The number of carbonyl (C=O) groups excluding carboxylic acids is 1. The first-order chi connectivity index (χ1) is 11.1. The summed E-state index contributed by atoms with van der Waals surface area (Å²) in [5.41, 5.74) is 9.35. The van der Waals surface area contributed by atoms with Gasteiger partial charge in [0.2, 0.25) is 5.91 Å². The van der Waals surface area contributed by atoms with Gasteiger partial charge in [-0.1, -0.05) is 18.2 Å². The fourth-order valence-electron chi connectivity index (χ4n) is 3.50. The van der Waals surface area contributed by atoms with E-state index in [2.05, 4.69) is 28.4 Å². The van der Waals surface area contributed by atoms with Gasteiger partial charge >= 0.3 is 0 Å². The minimum absolute atomic E-state index is 0. The summed E-state index contributed by atoms with van der Waals surface area (Å²) in [5, 5.41) is 3.51. The number of ether oxygens (including phenoxy) is 1. The maximum atomic E-state index is 11.0. The van der Waals surface area contributed by atoms with Crippen molar-refractivity contribution in [3.8, 4) is 0 Å². The van der Waals surface area contributed by atoms with Crippen LogP contribution in [0.4, 0.5) is 5.69 Å². The highest BCUT2D eigenvalue weighted by Gasteiger charge is 2.23. The van der Waals surface area contributed by atoms with Crippen LogP contribution in [-0.2, 0) is 22.5 Å². The zero-order valence-corrected chi connectivity index (χ0v) is 15.0. The van der Waals surface area contributed by atoms with Crippen LogP contribution in [0.3, 0.4) is 0 Å². The summed E-state index contributed by atoms with van der Waals surface area (Å²) < 4.78 is 5.84. The van der Waals surface area contributed by atoms with Crippen LogP contribution in [0.15, 0.2) is 18.2 Å². The Morgan fingerprint density at radius 3 is 3.12 bits per heavy atom. The number of halogens is 1. The van der Waals surface area contributed by atoms with Gasteiger partial charge in [0.25, 0.3) is 0 Å². The molecule has 3 N–H and O–H groups in total. The molecule has 1 amide bonds. The summed E-state index contributed by atoms with van der Waals surface area (Å²) in [6.07, 6.45) is 1.24. The van der Waals surface area contributed by atoms with Gasteiger partial charge < -0.3 is 15.8 Å². The lowest BCUT2D eigenvalue weighted by atomic mass is 10.1. The number of hydrogen-bond donors (Lipinski definition) is 2. The summed E-state index contributed by atoms with van der Waals surface area (Å²) in [7, 11) is 1.90. The highest BCUT2D eigenvalue weighted by molar-refractivity contribution is 5.85. The third-order valence-electron chi connectivity index (χ3n) is 4.49. The summed E-state index contributed by atoms with van der Waals surface area (Å²) >= 11 is 0. The maximum Gasteiger partial charge on any atom is 0.231 e. The average Bonchev–Trinajstić information content (AvgIpc) is 2.96. The highest BCUT2D eigenvalue weighted by atomic mass is 35.5. The van der Waals surface area contributed by atoms with Gasteiger partial charge in [-0.05, 0) is 24.6 Å². The number of nitrogens with zero attached hydrogens (tertiary/aromatic N) is 2. The van der Waals surface area contributed by atoms with Gasteiger partial charge in [0.15, 0.2) is 0 Å². The van der Waals surface area contributed by atoms with Crippen LogP contribution >= 0.6 is 12.4 Å². The molecule has 0 saturated carbocycles. The molecule has 0 bridgehead atoms. The summed E-state index contributed by atoms with van der Waals surface area (Å²) in [5.74, 6) is -0.300. The number of anilines is 1. The van der Waals surface area contributed by atoms with Gasteiger partial charge in [0.1, 0.15) is 0 Å². The molecule has 1 saturated heterocycles. The first kappa shape index (κ1) is 19.0. The minimum atomic E-state index is -0.300. The average molecular weight is 355 g/mol. The zero-order valence-electron chi connectivity index (χ0n) is 14.2. The van der Waals surface area contributed by atoms with Crippen LogP contribution in [0, 0.1) is 0 Å². The molecule has 0 spiro atoms. The van der Waals surface area contributed by atoms with Crippen molar-refractivity contribution in [1.82, 2.24) is 9.80 Å². The molecule has 2 aliphatic rings. The number of hydrogen-bond acceptors (Lipinski definition) is 5. The number of carbonyl (C=O) groups is 1. The largest absolute Gasteiger partial charge is 0.384 e. The molecular weight excluding hydrogens is 328 g/mol. The molecule has 134 valence electrons. The quantitative estimate of drug-likeness (QED) is 0.786. The van der Waals surface area contributed by atoms with Crippen LogP contribution in [-0.4, -0.2) is 68.2 Å². The van der Waals surface area contributed by atoms with E-state index >= 15 is 0 Å². The second-order valence-electron chi connectivity index (χ2n) is 6.52. The molecule has 3 rings (SSSR count). The smallest absolute Gasteiger partial charge is 0.231 e. The predicted octanol–water partition coefficient (Wildman–Crippen LogP) is 0.694. The van der Waals surface area contributed by atoms with Crippen LogP contribution < -0.4 is 11.1 Å². The number of nitrogens with two attached hydrogens (primary N) is 1. The third-order valence-corrected chi connectivity index (χ3v) is 4.49. The molecule has 1 atom stereocenters. The standard InChI is InChI=1S/C17H26N4O2.ClH/c1-20(12-16(18)22)10-15-11-21(7-8-23-15)9-14-4-2-3-13-5-6-19-17(13)14;/h2-4,15,19H,5-12H2,1H3,(H2,18,22);1H. The first-order valence-electron chi connectivity index (χ1n) is 8.27. The summed E-state index contributed by atoms with van der Waals surface area (Å²) in [6, 6.07) is 6.57. The third kappa shape index (κ3) is 4.83. The Morgan fingerprint density at radius 2 is 2.33 bits per heavy atom. The molecule has 0 aromatic heterocycles. The van der Waals surface area contributed by atoms with Gasteiger partial charge in [0.05, 0.1) is 19.3 Å². The lowest BCUT2D eigenvalue weighted by Gasteiger charge is -2.35. The number of likely N-dealkylation sites (N-methyl/N-ethyl adjacent to an activating group) is 1. The lowest BCUT2D eigenvalue weighted by Crippen LogP contribution is -2.47. The summed E-state index contributed by atoms with van der Waals surface area (Å²) in [4.78, 5) is 15.3.